The fraction of sp³-hybridized carbons (Fsp3) is 0.412. The summed E-state index contributed by atoms with van der Waals surface area (Å²) in [4.78, 5) is 29.4. The summed E-state index contributed by atoms with van der Waals surface area (Å²) < 4.78 is 32.3. The molecule has 0 fully saturated rings. The van der Waals surface area contributed by atoms with Gasteiger partial charge >= 0.3 is 0 Å². The summed E-state index contributed by atoms with van der Waals surface area (Å²) in [5.41, 5.74) is 3.74. The van der Waals surface area contributed by atoms with E-state index in [1.54, 1.807) is 12.0 Å². The lowest BCUT2D eigenvalue weighted by Crippen LogP contribution is -2.54. The van der Waals surface area contributed by atoms with E-state index >= 15 is 0 Å². The van der Waals surface area contributed by atoms with Crippen molar-refractivity contribution in [1.29, 1.82) is 0 Å². The summed E-state index contributed by atoms with van der Waals surface area (Å²) in [6.07, 6.45) is 1.85. The first kappa shape index (κ1) is 33.6. The lowest BCUT2D eigenvalue weighted by atomic mass is 10.00. The minimum Gasteiger partial charge on any atom is -0.497 e. The smallest absolute Gasteiger partial charge is 0.243 e. The Kier molecular flexibility index (Phi) is 11.4. The summed E-state index contributed by atoms with van der Waals surface area (Å²) in [7, 11) is -2.00. The number of hydrogen-bond acceptors (Lipinski definition) is 5. The highest BCUT2D eigenvalue weighted by molar-refractivity contribution is 7.92. The first-order chi connectivity index (χ1) is 20.2. The van der Waals surface area contributed by atoms with Crippen LogP contribution >= 0.6 is 0 Å². The number of nitrogens with one attached hydrogen (secondary N) is 1. The zero-order valence-electron chi connectivity index (χ0n) is 26.4. The normalized spacial score (nSPS) is 12.3. The van der Waals surface area contributed by atoms with Gasteiger partial charge in [0.2, 0.25) is 21.8 Å². The lowest BCUT2D eigenvalue weighted by molar-refractivity contribution is -0.142. The highest BCUT2D eigenvalue weighted by atomic mass is 32.2. The Morgan fingerprint density at radius 1 is 0.907 bits per heavy atom. The van der Waals surface area contributed by atoms with Gasteiger partial charge in [-0.2, -0.15) is 0 Å². The number of anilines is 1. The van der Waals surface area contributed by atoms with Crippen LogP contribution < -0.4 is 14.4 Å². The van der Waals surface area contributed by atoms with E-state index in [0.717, 1.165) is 22.3 Å². The first-order valence-corrected chi connectivity index (χ1v) is 16.4. The van der Waals surface area contributed by atoms with Gasteiger partial charge in [0.1, 0.15) is 11.8 Å². The molecular formula is C34H45N3O5S. The predicted molar refractivity (Wildman–Crippen MR) is 173 cm³/mol. The molecule has 0 bridgehead atoms. The monoisotopic (exact) mass is 607 g/mol. The Labute approximate surface area is 257 Å². The summed E-state index contributed by atoms with van der Waals surface area (Å²) in [6.45, 7) is 9.90. The van der Waals surface area contributed by atoms with Crippen LogP contribution in [0.15, 0.2) is 72.8 Å². The fourth-order valence-corrected chi connectivity index (χ4v) is 6.02. The van der Waals surface area contributed by atoms with Gasteiger partial charge < -0.3 is 15.0 Å². The number of carbonyl (C=O) groups is 2. The molecule has 9 heteroatoms. The number of aryl methyl sites for hydroxylation is 2. The molecule has 0 aliphatic rings. The van der Waals surface area contributed by atoms with Gasteiger partial charge in [-0.3, -0.25) is 13.9 Å². The Bertz CT molecular complexity index is 1480. The number of amides is 2. The molecule has 1 N–H and O–H groups in total. The topological polar surface area (TPSA) is 96.0 Å². The Hall–Kier alpha value is -3.85. The van der Waals surface area contributed by atoms with Gasteiger partial charge in [0.15, 0.2) is 0 Å². The third-order valence-corrected chi connectivity index (χ3v) is 8.10. The minimum absolute atomic E-state index is 0.0644. The number of ether oxygens (including phenoxy) is 1. The van der Waals surface area contributed by atoms with E-state index in [-0.39, 0.29) is 37.7 Å². The Morgan fingerprint density at radius 2 is 1.53 bits per heavy atom. The zero-order chi connectivity index (χ0) is 31.8. The molecule has 0 aromatic heterocycles. The van der Waals surface area contributed by atoms with Crippen molar-refractivity contribution in [3.8, 4) is 5.75 Å². The number of benzene rings is 3. The molecule has 0 saturated heterocycles. The van der Waals surface area contributed by atoms with E-state index < -0.39 is 21.6 Å². The lowest BCUT2D eigenvalue weighted by Gasteiger charge is -2.34. The third kappa shape index (κ3) is 10.4. The SMILES string of the molecule is COc1cccc(CN(C(=O)CCCN(c2cc(C)cc(C)c2)S(C)(=O)=O)[C@H](Cc2ccccc2)C(=O)NC(C)(C)C)c1. The van der Waals surface area contributed by atoms with Crippen molar-refractivity contribution < 1.29 is 22.7 Å². The quantitative estimate of drug-likeness (QED) is 0.280. The first-order valence-electron chi connectivity index (χ1n) is 14.5. The molecule has 0 spiro atoms. The highest BCUT2D eigenvalue weighted by Gasteiger charge is 2.32. The van der Waals surface area contributed by atoms with Gasteiger partial charge in [0, 0.05) is 31.5 Å². The maximum Gasteiger partial charge on any atom is 0.243 e. The standard InChI is InChI=1S/C34H45N3O5S/c1-25-19-26(2)21-29(20-25)37(43(7,40)41)18-12-17-32(38)36(24-28-15-11-16-30(22-28)42-6)31(33(39)35-34(3,4)5)23-27-13-9-8-10-14-27/h8-11,13-16,19-22,31H,12,17-18,23-24H2,1-7H3,(H,35,39)/t31-/m1/s1. The fourth-order valence-electron chi connectivity index (χ4n) is 5.07. The molecule has 43 heavy (non-hydrogen) atoms. The Balaban J connectivity index is 1.93. The average Bonchev–Trinajstić information content (AvgIpc) is 2.91. The van der Waals surface area contributed by atoms with Crippen LogP contribution in [0.25, 0.3) is 0 Å². The second-order valence-corrected chi connectivity index (χ2v) is 14.0. The molecule has 0 heterocycles. The van der Waals surface area contributed by atoms with Crippen LogP contribution in [0.3, 0.4) is 0 Å². The summed E-state index contributed by atoms with van der Waals surface area (Å²) in [5, 5.41) is 3.06. The van der Waals surface area contributed by atoms with Gasteiger partial charge in [-0.25, -0.2) is 8.42 Å². The maximum absolute atomic E-state index is 14.0. The number of rotatable bonds is 13. The molecule has 3 aromatic rings. The van der Waals surface area contributed by atoms with Crippen LogP contribution in [0.5, 0.6) is 5.75 Å². The summed E-state index contributed by atoms with van der Waals surface area (Å²) in [5.74, 6) is 0.170. The van der Waals surface area contributed by atoms with E-state index in [1.165, 1.54) is 10.6 Å². The predicted octanol–water partition coefficient (Wildman–Crippen LogP) is 5.41. The van der Waals surface area contributed by atoms with E-state index in [9.17, 15) is 18.0 Å². The molecule has 8 nitrogen and oxygen atoms in total. The van der Waals surface area contributed by atoms with Gasteiger partial charge in [0.05, 0.1) is 19.1 Å². The molecule has 232 valence electrons. The number of sulfonamides is 1. The molecule has 3 aromatic carbocycles. The Morgan fingerprint density at radius 3 is 2.12 bits per heavy atom. The van der Waals surface area contributed by atoms with Crippen molar-refractivity contribution in [2.75, 3.05) is 24.2 Å². The van der Waals surface area contributed by atoms with Crippen LogP contribution in [-0.2, 0) is 32.6 Å². The van der Waals surface area contributed by atoms with Crippen molar-refractivity contribution in [1.82, 2.24) is 10.2 Å². The maximum atomic E-state index is 14.0. The van der Waals surface area contributed by atoms with Crippen LogP contribution in [0.1, 0.15) is 55.9 Å². The van der Waals surface area contributed by atoms with Gasteiger partial charge in [-0.1, -0.05) is 48.5 Å². The largest absolute Gasteiger partial charge is 0.497 e. The van der Waals surface area contributed by atoms with Crippen LogP contribution in [0.2, 0.25) is 0 Å². The molecule has 0 saturated carbocycles. The van der Waals surface area contributed by atoms with Gasteiger partial charge in [-0.15, -0.1) is 0 Å². The molecule has 0 unspecified atom stereocenters. The van der Waals surface area contributed by atoms with Crippen molar-refractivity contribution in [3.63, 3.8) is 0 Å². The average molecular weight is 608 g/mol. The molecule has 0 aliphatic carbocycles. The zero-order valence-corrected chi connectivity index (χ0v) is 27.2. The summed E-state index contributed by atoms with van der Waals surface area (Å²) in [6, 6.07) is 21.9. The third-order valence-electron chi connectivity index (χ3n) is 6.90. The molecule has 2 amide bonds. The number of methoxy groups -OCH3 is 1. The molecular weight excluding hydrogens is 562 g/mol. The van der Waals surface area contributed by atoms with E-state index in [0.29, 0.717) is 17.9 Å². The van der Waals surface area contributed by atoms with Crippen molar-refractivity contribution in [3.05, 3.63) is 95.1 Å². The van der Waals surface area contributed by atoms with Crippen molar-refractivity contribution >= 4 is 27.5 Å². The molecule has 0 aliphatic heterocycles. The highest BCUT2D eigenvalue weighted by Crippen LogP contribution is 2.23. The van der Waals surface area contributed by atoms with Crippen molar-refractivity contribution in [2.45, 2.75) is 72.0 Å². The number of nitrogens with zero attached hydrogens (tertiary/aromatic N) is 2. The van der Waals surface area contributed by atoms with E-state index in [2.05, 4.69) is 5.32 Å². The summed E-state index contributed by atoms with van der Waals surface area (Å²) >= 11 is 0. The second-order valence-electron chi connectivity index (χ2n) is 12.1. The van der Waals surface area contributed by atoms with Crippen LogP contribution in [0.4, 0.5) is 5.69 Å². The number of carbonyl (C=O) groups excluding carboxylic acids is 2. The minimum atomic E-state index is -3.59. The van der Waals surface area contributed by atoms with Gasteiger partial charge in [-0.05, 0) is 87.6 Å². The second kappa shape index (κ2) is 14.6. The van der Waals surface area contributed by atoms with E-state index in [4.69, 9.17) is 4.74 Å². The molecule has 3 rings (SSSR count). The molecule has 0 radical (unpaired) electrons. The van der Waals surface area contributed by atoms with Crippen LogP contribution in [0, 0.1) is 13.8 Å². The van der Waals surface area contributed by atoms with Crippen molar-refractivity contribution in [2.24, 2.45) is 0 Å². The van der Waals surface area contributed by atoms with Gasteiger partial charge in [0.25, 0.3) is 0 Å². The number of hydrogen-bond donors (Lipinski definition) is 1. The van der Waals surface area contributed by atoms with Crippen LogP contribution in [-0.4, -0.2) is 56.6 Å². The molecule has 1 atom stereocenters. The van der Waals surface area contributed by atoms with E-state index in [1.807, 2.05) is 107 Å².